The summed E-state index contributed by atoms with van der Waals surface area (Å²) in [6.45, 7) is 4.06. The van der Waals surface area contributed by atoms with Crippen molar-refractivity contribution in [2.24, 2.45) is 5.41 Å². The third-order valence-corrected chi connectivity index (χ3v) is 3.80. The molecule has 1 aliphatic heterocycles. The van der Waals surface area contributed by atoms with E-state index in [1.807, 2.05) is 13.0 Å². The Bertz CT molecular complexity index is 545. The lowest BCUT2D eigenvalue weighted by atomic mass is 9.82. The van der Waals surface area contributed by atoms with Gasteiger partial charge in [0.25, 0.3) is 0 Å². The van der Waals surface area contributed by atoms with Gasteiger partial charge in [-0.2, -0.15) is 10.5 Å². The molecular weight excluding hydrogens is 241 g/mol. The first-order chi connectivity index (χ1) is 9.06. The molecule has 2 rings (SSSR count). The van der Waals surface area contributed by atoms with Crippen molar-refractivity contribution < 1.29 is 4.39 Å². The Hall–Kier alpha value is -1.91. The van der Waals surface area contributed by atoms with Gasteiger partial charge in [-0.15, -0.1) is 0 Å². The first kappa shape index (κ1) is 13.5. The molecule has 0 unspecified atom stereocenters. The minimum Gasteiger partial charge on any atom is -0.299 e. The molecule has 0 bridgehead atoms. The number of nitrogens with zero attached hydrogens (tertiary/aromatic N) is 3. The van der Waals surface area contributed by atoms with Gasteiger partial charge < -0.3 is 0 Å². The van der Waals surface area contributed by atoms with Crippen molar-refractivity contribution in [2.75, 3.05) is 13.1 Å². The number of rotatable bonds is 2. The molecule has 4 heteroatoms. The van der Waals surface area contributed by atoms with Gasteiger partial charge in [0.15, 0.2) is 0 Å². The van der Waals surface area contributed by atoms with Gasteiger partial charge >= 0.3 is 0 Å². The van der Waals surface area contributed by atoms with Crippen LogP contribution in [0.1, 0.15) is 30.9 Å². The molecule has 0 atom stereocenters. The third-order valence-electron chi connectivity index (χ3n) is 3.80. The number of hydrogen-bond donors (Lipinski definition) is 0. The first-order valence-electron chi connectivity index (χ1n) is 6.38. The molecular formula is C15H16FN3. The molecule has 0 radical (unpaired) electrons. The van der Waals surface area contributed by atoms with Crippen LogP contribution in [0, 0.1) is 33.9 Å². The summed E-state index contributed by atoms with van der Waals surface area (Å²) in [4.78, 5) is 2.14. The zero-order valence-electron chi connectivity index (χ0n) is 11.0. The van der Waals surface area contributed by atoms with E-state index in [2.05, 4.69) is 11.0 Å². The average molecular weight is 257 g/mol. The number of nitriles is 2. The van der Waals surface area contributed by atoms with E-state index in [4.69, 9.17) is 10.5 Å². The predicted octanol–water partition coefficient (Wildman–Crippen LogP) is 2.82. The monoisotopic (exact) mass is 257 g/mol. The van der Waals surface area contributed by atoms with Gasteiger partial charge in [0.05, 0.1) is 23.1 Å². The summed E-state index contributed by atoms with van der Waals surface area (Å²) in [5.74, 6) is -0.271. The fourth-order valence-electron chi connectivity index (χ4n) is 2.32. The van der Waals surface area contributed by atoms with Crippen LogP contribution in [0.3, 0.4) is 0 Å². The molecule has 0 aromatic heterocycles. The molecule has 0 saturated carbocycles. The van der Waals surface area contributed by atoms with Crippen molar-refractivity contribution in [1.82, 2.24) is 4.90 Å². The molecule has 98 valence electrons. The maximum absolute atomic E-state index is 13.7. The molecule has 1 aromatic carbocycles. The van der Waals surface area contributed by atoms with Crippen LogP contribution in [0.5, 0.6) is 0 Å². The first-order valence-corrected chi connectivity index (χ1v) is 6.38. The Balaban J connectivity index is 2.04. The van der Waals surface area contributed by atoms with E-state index >= 15 is 0 Å². The maximum Gasteiger partial charge on any atom is 0.127 e. The Kier molecular flexibility index (Phi) is 3.83. The number of halogens is 1. The lowest BCUT2D eigenvalue weighted by Crippen LogP contribution is -2.37. The van der Waals surface area contributed by atoms with Crippen molar-refractivity contribution in [2.45, 2.75) is 26.3 Å². The second-order valence-corrected chi connectivity index (χ2v) is 5.37. The lowest BCUT2D eigenvalue weighted by Gasteiger charge is -2.34. The smallest absolute Gasteiger partial charge is 0.127 e. The fraction of sp³-hybridized carbons (Fsp3) is 0.467. The van der Waals surface area contributed by atoms with Crippen LogP contribution in [-0.2, 0) is 6.54 Å². The van der Waals surface area contributed by atoms with Gasteiger partial charge in [-0.1, -0.05) is 0 Å². The van der Waals surface area contributed by atoms with Crippen LogP contribution in [0.4, 0.5) is 4.39 Å². The summed E-state index contributed by atoms with van der Waals surface area (Å²) in [5.41, 5.74) is 0.790. The van der Waals surface area contributed by atoms with Gasteiger partial charge in [0.1, 0.15) is 5.82 Å². The normalized spacial score (nSPS) is 18.5. The Labute approximate surface area is 112 Å². The summed E-state index contributed by atoms with van der Waals surface area (Å²) in [5, 5.41) is 17.9. The minimum absolute atomic E-state index is 0.246. The van der Waals surface area contributed by atoms with E-state index in [0.29, 0.717) is 17.7 Å². The quantitative estimate of drug-likeness (QED) is 0.818. The molecule has 3 nitrogen and oxygen atoms in total. The Morgan fingerprint density at radius 1 is 1.32 bits per heavy atom. The van der Waals surface area contributed by atoms with Crippen molar-refractivity contribution in [3.05, 3.63) is 35.1 Å². The van der Waals surface area contributed by atoms with Gasteiger partial charge in [0, 0.05) is 12.1 Å². The molecule has 0 amide bonds. The molecule has 1 saturated heterocycles. The van der Waals surface area contributed by atoms with E-state index in [-0.39, 0.29) is 11.2 Å². The standard InChI is InChI=1S/C15H16FN3/c1-15(11-18)4-6-19(7-5-15)10-13-8-12(9-17)2-3-14(13)16/h2-3,8H,4-7,10H2,1H3. The minimum atomic E-state index is -0.271. The largest absolute Gasteiger partial charge is 0.299 e. The highest BCUT2D eigenvalue weighted by atomic mass is 19.1. The van der Waals surface area contributed by atoms with E-state index in [1.54, 1.807) is 6.07 Å². The SMILES string of the molecule is CC1(C#N)CCN(Cc2cc(C#N)ccc2F)CC1. The van der Waals surface area contributed by atoms with Crippen LogP contribution in [-0.4, -0.2) is 18.0 Å². The molecule has 19 heavy (non-hydrogen) atoms. The zero-order chi connectivity index (χ0) is 13.9. The van der Waals surface area contributed by atoms with Crippen LogP contribution in [0.25, 0.3) is 0 Å². The van der Waals surface area contributed by atoms with E-state index in [1.165, 1.54) is 12.1 Å². The number of hydrogen-bond acceptors (Lipinski definition) is 3. The number of piperidine rings is 1. The summed E-state index contributed by atoms with van der Waals surface area (Å²) in [6.07, 6.45) is 1.62. The van der Waals surface area contributed by atoms with Gasteiger partial charge in [0.2, 0.25) is 0 Å². The van der Waals surface area contributed by atoms with Crippen molar-refractivity contribution in [1.29, 1.82) is 10.5 Å². The molecule has 0 N–H and O–H groups in total. The summed E-state index contributed by atoms with van der Waals surface area (Å²) in [7, 11) is 0. The molecule has 1 aliphatic rings. The Morgan fingerprint density at radius 2 is 2.00 bits per heavy atom. The summed E-state index contributed by atoms with van der Waals surface area (Å²) in [6, 6.07) is 8.81. The van der Waals surface area contributed by atoms with Crippen molar-refractivity contribution in [3.8, 4) is 12.1 Å². The van der Waals surface area contributed by atoms with Gasteiger partial charge in [-0.25, -0.2) is 4.39 Å². The Morgan fingerprint density at radius 3 is 2.58 bits per heavy atom. The topological polar surface area (TPSA) is 50.8 Å². The average Bonchev–Trinajstić information content (AvgIpc) is 2.44. The molecule has 0 aliphatic carbocycles. The number of likely N-dealkylation sites (tertiary alicyclic amines) is 1. The fourth-order valence-corrected chi connectivity index (χ4v) is 2.32. The summed E-state index contributed by atoms with van der Waals surface area (Å²) < 4.78 is 13.7. The van der Waals surface area contributed by atoms with Gasteiger partial charge in [-0.3, -0.25) is 4.90 Å². The van der Waals surface area contributed by atoms with E-state index < -0.39 is 0 Å². The zero-order valence-corrected chi connectivity index (χ0v) is 11.0. The second kappa shape index (κ2) is 5.38. The van der Waals surface area contributed by atoms with Crippen LogP contribution >= 0.6 is 0 Å². The second-order valence-electron chi connectivity index (χ2n) is 5.37. The van der Waals surface area contributed by atoms with Crippen LogP contribution in [0.15, 0.2) is 18.2 Å². The maximum atomic E-state index is 13.7. The molecule has 1 fully saturated rings. The third kappa shape index (κ3) is 3.10. The highest BCUT2D eigenvalue weighted by Crippen LogP contribution is 2.30. The summed E-state index contributed by atoms with van der Waals surface area (Å²) >= 11 is 0. The highest BCUT2D eigenvalue weighted by molar-refractivity contribution is 5.33. The molecule has 1 aromatic rings. The van der Waals surface area contributed by atoms with Gasteiger partial charge in [-0.05, 0) is 51.1 Å². The number of benzene rings is 1. The lowest BCUT2D eigenvalue weighted by molar-refractivity contribution is 0.149. The van der Waals surface area contributed by atoms with Crippen LogP contribution in [0.2, 0.25) is 0 Å². The highest BCUT2D eigenvalue weighted by Gasteiger charge is 2.29. The molecule has 0 spiro atoms. The predicted molar refractivity (Wildman–Crippen MR) is 69.3 cm³/mol. The van der Waals surface area contributed by atoms with Crippen molar-refractivity contribution in [3.63, 3.8) is 0 Å². The van der Waals surface area contributed by atoms with E-state index in [9.17, 15) is 4.39 Å². The molecule has 1 heterocycles. The van der Waals surface area contributed by atoms with Crippen LogP contribution < -0.4 is 0 Å². The van der Waals surface area contributed by atoms with Crippen molar-refractivity contribution >= 4 is 0 Å². The van der Waals surface area contributed by atoms with E-state index in [0.717, 1.165) is 25.9 Å².